The Morgan fingerprint density at radius 3 is 3.05 bits per heavy atom. The van der Waals surface area contributed by atoms with E-state index in [-0.39, 0.29) is 18.1 Å². The van der Waals surface area contributed by atoms with Gasteiger partial charge in [0.2, 0.25) is 0 Å². The van der Waals surface area contributed by atoms with Crippen LogP contribution in [0.1, 0.15) is 43.7 Å². The van der Waals surface area contributed by atoms with Crippen LogP contribution in [0.5, 0.6) is 0 Å². The van der Waals surface area contributed by atoms with Crippen molar-refractivity contribution in [3.8, 4) is 0 Å². The third-order valence-electron chi connectivity index (χ3n) is 4.51. The van der Waals surface area contributed by atoms with Crippen molar-refractivity contribution in [3.63, 3.8) is 0 Å². The molecule has 1 aliphatic heterocycles. The molecule has 2 N–H and O–H groups in total. The lowest BCUT2D eigenvalue weighted by molar-refractivity contribution is 0.128. The fourth-order valence-electron chi connectivity index (χ4n) is 3.18. The molecular weight excluding hydrogens is 268 g/mol. The highest BCUT2D eigenvalue weighted by Gasteiger charge is 2.35. The van der Waals surface area contributed by atoms with E-state index in [0.717, 1.165) is 31.4 Å². The van der Waals surface area contributed by atoms with Crippen LogP contribution in [0.4, 0.5) is 4.79 Å². The highest BCUT2D eigenvalue weighted by atomic mass is 16.5. The van der Waals surface area contributed by atoms with Crippen molar-refractivity contribution >= 4 is 6.03 Å². The number of carbonyl (C=O) groups excluding carboxylic acids is 1. The normalized spacial score (nSPS) is 23.9. The number of nitrogens with one attached hydrogen (secondary N) is 2. The van der Waals surface area contributed by atoms with Crippen LogP contribution in [0, 0.1) is 5.92 Å². The molecular formula is C15H24N4O2. The van der Waals surface area contributed by atoms with Gasteiger partial charge in [-0.15, -0.1) is 0 Å². The summed E-state index contributed by atoms with van der Waals surface area (Å²) in [5, 5.41) is 10.0. The van der Waals surface area contributed by atoms with Crippen molar-refractivity contribution in [3.05, 3.63) is 18.0 Å². The van der Waals surface area contributed by atoms with Crippen LogP contribution < -0.4 is 5.32 Å². The fraction of sp³-hybridized carbons (Fsp3) is 0.733. The Hall–Kier alpha value is -1.56. The first-order valence-corrected chi connectivity index (χ1v) is 7.84. The van der Waals surface area contributed by atoms with Crippen molar-refractivity contribution in [2.45, 2.75) is 44.2 Å². The lowest BCUT2D eigenvalue weighted by atomic mass is 9.98. The maximum absolute atomic E-state index is 12.6. The molecule has 0 radical (unpaired) electrons. The van der Waals surface area contributed by atoms with Gasteiger partial charge in [0, 0.05) is 25.4 Å². The highest BCUT2D eigenvalue weighted by molar-refractivity contribution is 5.75. The number of ether oxygens (including phenoxy) is 1. The van der Waals surface area contributed by atoms with Crippen molar-refractivity contribution < 1.29 is 9.53 Å². The minimum Gasteiger partial charge on any atom is -0.383 e. The standard InChI is InChI=1S/C15H24N4O2/c1-21-10-13(11-5-6-11)18-15(20)19-7-3-2-4-14(19)12-8-16-17-9-12/h8-9,11,13-14H,2-7,10H2,1H3,(H,16,17)(H,18,20)/t13-,14+/m1/s1. The van der Waals surface area contributed by atoms with Crippen molar-refractivity contribution in [2.24, 2.45) is 5.92 Å². The molecule has 21 heavy (non-hydrogen) atoms. The van der Waals surface area contributed by atoms with Crippen molar-refractivity contribution in [1.82, 2.24) is 20.4 Å². The number of methoxy groups -OCH3 is 1. The van der Waals surface area contributed by atoms with Crippen LogP contribution in [0.25, 0.3) is 0 Å². The van der Waals surface area contributed by atoms with Gasteiger partial charge in [-0.05, 0) is 38.0 Å². The zero-order valence-electron chi connectivity index (χ0n) is 12.5. The zero-order valence-corrected chi connectivity index (χ0v) is 12.5. The largest absolute Gasteiger partial charge is 0.383 e. The molecule has 1 saturated carbocycles. The molecule has 0 aromatic carbocycles. The van der Waals surface area contributed by atoms with E-state index in [9.17, 15) is 4.79 Å². The third kappa shape index (κ3) is 3.37. The van der Waals surface area contributed by atoms with Gasteiger partial charge >= 0.3 is 6.03 Å². The van der Waals surface area contributed by atoms with Gasteiger partial charge in [-0.2, -0.15) is 5.10 Å². The molecule has 0 unspecified atom stereocenters. The number of urea groups is 1. The van der Waals surface area contributed by atoms with Crippen LogP contribution in [-0.2, 0) is 4.74 Å². The summed E-state index contributed by atoms with van der Waals surface area (Å²) in [6, 6.07) is 0.323. The van der Waals surface area contributed by atoms with Gasteiger partial charge in [0.15, 0.2) is 0 Å². The van der Waals surface area contributed by atoms with Gasteiger partial charge in [0.05, 0.1) is 24.9 Å². The predicted molar refractivity (Wildman–Crippen MR) is 78.8 cm³/mol. The topological polar surface area (TPSA) is 70.2 Å². The van der Waals surface area contributed by atoms with Gasteiger partial charge < -0.3 is 15.0 Å². The van der Waals surface area contributed by atoms with Crippen LogP contribution in [0.3, 0.4) is 0 Å². The van der Waals surface area contributed by atoms with E-state index in [4.69, 9.17) is 4.74 Å². The van der Waals surface area contributed by atoms with E-state index in [1.54, 1.807) is 7.11 Å². The predicted octanol–water partition coefficient (Wildman–Crippen LogP) is 2.07. The van der Waals surface area contributed by atoms with E-state index < -0.39 is 0 Å². The highest BCUT2D eigenvalue weighted by Crippen LogP contribution is 2.34. The summed E-state index contributed by atoms with van der Waals surface area (Å²) in [6.07, 6.45) is 9.34. The van der Waals surface area contributed by atoms with Crippen molar-refractivity contribution in [1.29, 1.82) is 0 Å². The number of aromatic nitrogens is 2. The van der Waals surface area contributed by atoms with Crippen LogP contribution in [0.15, 0.2) is 12.4 Å². The fourth-order valence-corrected chi connectivity index (χ4v) is 3.18. The minimum atomic E-state index is 0.0369. The molecule has 116 valence electrons. The Morgan fingerprint density at radius 1 is 1.52 bits per heavy atom. The second-order valence-corrected chi connectivity index (χ2v) is 6.09. The Balaban J connectivity index is 1.66. The van der Waals surface area contributed by atoms with Gasteiger partial charge in [0.25, 0.3) is 0 Å². The lowest BCUT2D eigenvalue weighted by Gasteiger charge is -2.36. The Morgan fingerprint density at radius 2 is 2.38 bits per heavy atom. The average molecular weight is 292 g/mol. The monoisotopic (exact) mass is 292 g/mol. The van der Waals surface area contributed by atoms with E-state index in [1.165, 1.54) is 12.8 Å². The number of H-pyrrole nitrogens is 1. The number of hydrogen-bond acceptors (Lipinski definition) is 3. The molecule has 0 bridgehead atoms. The molecule has 1 aromatic rings. The second kappa shape index (κ2) is 6.47. The number of piperidine rings is 1. The first-order chi connectivity index (χ1) is 10.3. The quantitative estimate of drug-likeness (QED) is 0.873. The summed E-state index contributed by atoms with van der Waals surface area (Å²) in [5.74, 6) is 0.589. The Labute approximate surface area is 125 Å². The summed E-state index contributed by atoms with van der Waals surface area (Å²) in [4.78, 5) is 14.6. The number of amides is 2. The minimum absolute atomic E-state index is 0.0369. The molecule has 1 aromatic heterocycles. The van der Waals surface area contributed by atoms with Gasteiger partial charge in [-0.1, -0.05) is 0 Å². The first kappa shape index (κ1) is 14.4. The van der Waals surface area contributed by atoms with Gasteiger partial charge in [0.1, 0.15) is 0 Å². The molecule has 0 spiro atoms. The summed E-state index contributed by atoms with van der Waals surface area (Å²) in [7, 11) is 1.69. The van der Waals surface area contributed by atoms with Crippen LogP contribution >= 0.6 is 0 Å². The maximum Gasteiger partial charge on any atom is 0.318 e. The molecule has 2 fully saturated rings. The lowest BCUT2D eigenvalue weighted by Crippen LogP contribution is -2.49. The molecule has 1 saturated heterocycles. The summed E-state index contributed by atoms with van der Waals surface area (Å²) >= 11 is 0. The Bertz CT molecular complexity index is 458. The zero-order chi connectivity index (χ0) is 14.7. The number of likely N-dealkylation sites (tertiary alicyclic amines) is 1. The molecule has 2 aliphatic rings. The smallest absolute Gasteiger partial charge is 0.318 e. The molecule has 1 aliphatic carbocycles. The SMILES string of the molecule is COC[C@@H](NC(=O)N1CCCC[C@H]1c1cn[nH]c1)C1CC1. The first-order valence-electron chi connectivity index (χ1n) is 7.84. The number of rotatable bonds is 5. The number of carbonyl (C=O) groups is 1. The molecule has 3 rings (SSSR count). The van der Waals surface area contributed by atoms with E-state index in [0.29, 0.717) is 12.5 Å². The molecule has 2 amide bonds. The maximum atomic E-state index is 12.6. The molecule has 6 nitrogen and oxygen atoms in total. The average Bonchev–Trinajstić information content (AvgIpc) is 3.21. The van der Waals surface area contributed by atoms with E-state index in [1.807, 2.05) is 17.3 Å². The molecule has 6 heteroatoms. The van der Waals surface area contributed by atoms with Gasteiger partial charge in [-0.25, -0.2) is 4.79 Å². The molecule has 2 atom stereocenters. The van der Waals surface area contributed by atoms with Crippen molar-refractivity contribution in [2.75, 3.05) is 20.3 Å². The number of nitrogens with zero attached hydrogens (tertiary/aromatic N) is 2. The van der Waals surface area contributed by atoms with E-state index >= 15 is 0 Å². The third-order valence-corrected chi connectivity index (χ3v) is 4.51. The van der Waals surface area contributed by atoms with Crippen LogP contribution in [0.2, 0.25) is 0 Å². The van der Waals surface area contributed by atoms with Crippen LogP contribution in [-0.4, -0.2) is 47.4 Å². The van der Waals surface area contributed by atoms with Gasteiger partial charge in [-0.3, -0.25) is 5.10 Å². The second-order valence-electron chi connectivity index (χ2n) is 6.09. The summed E-state index contributed by atoms with van der Waals surface area (Å²) in [6.45, 7) is 1.41. The number of aromatic amines is 1. The Kier molecular flexibility index (Phi) is 4.43. The van der Waals surface area contributed by atoms with E-state index in [2.05, 4.69) is 15.5 Å². The number of hydrogen-bond donors (Lipinski definition) is 2. The summed E-state index contributed by atoms with van der Waals surface area (Å²) < 4.78 is 5.24. The summed E-state index contributed by atoms with van der Waals surface area (Å²) in [5.41, 5.74) is 1.10. The molecule has 2 heterocycles.